The van der Waals surface area contributed by atoms with E-state index >= 15 is 0 Å². The Morgan fingerprint density at radius 3 is 2.45 bits per heavy atom. The Labute approximate surface area is 188 Å². The van der Waals surface area contributed by atoms with Crippen LogP contribution in [0.5, 0.6) is 0 Å². The van der Waals surface area contributed by atoms with Crippen LogP contribution >= 0.6 is 22.9 Å². The summed E-state index contributed by atoms with van der Waals surface area (Å²) in [7, 11) is 0. The zero-order valence-electron chi connectivity index (χ0n) is 16.7. The summed E-state index contributed by atoms with van der Waals surface area (Å²) in [4.78, 5) is 22.6. The van der Waals surface area contributed by atoms with Crippen LogP contribution in [-0.4, -0.2) is 46.4 Å². The first kappa shape index (κ1) is 20.0. The minimum atomic E-state index is -0.238. The maximum atomic E-state index is 13.1. The van der Waals surface area contributed by atoms with E-state index in [9.17, 15) is 9.18 Å². The Balaban J connectivity index is 1.25. The Kier molecular flexibility index (Phi) is 5.38. The molecule has 0 bridgehead atoms. The van der Waals surface area contributed by atoms with Gasteiger partial charge in [0.15, 0.2) is 4.96 Å². The van der Waals surface area contributed by atoms with Crippen LogP contribution in [0.25, 0.3) is 16.2 Å². The zero-order chi connectivity index (χ0) is 21.4. The SMILES string of the molecule is O=C(Cc1csc2nc(-c3ccc(Cl)cc3)cn12)N1CCN(c2ccc(F)cc2)CC1. The number of benzene rings is 2. The number of amides is 1. The first-order chi connectivity index (χ1) is 15.1. The van der Waals surface area contributed by atoms with Crippen molar-refractivity contribution in [2.75, 3.05) is 31.1 Å². The highest BCUT2D eigenvalue weighted by Gasteiger charge is 2.22. The van der Waals surface area contributed by atoms with Crippen molar-refractivity contribution in [3.05, 3.63) is 76.6 Å². The number of anilines is 1. The van der Waals surface area contributed by atoms with Gasteiger partial charge < -0.3 is 9.80 Å². The molecular formula is C23H20ClFN4OS. The van der Waals surface area contributed by atoms with Gasteiger partial charge in [-0.2, -0.15) is 0 Å². The highest BCUT2D eigenvalue weighted by molar-refractivity contribution is 7.15. The summed E-state index contributed by atoms with van der Waals surface area (Å²) in [6, 6.07) is 14.1. The number of halogens is 2. The fourth-order valence-corrected chi connectivity index (χ4v) is 4.85. The molecule has 0 spiro atoms. The third-order valence-corrected chi connectivity index (χ3v) is 6.72. The molecule has 5 rings (SSSR count). The summed E-state index contributed by atoms with van der Waals surface area (Å²) in [6.07, 6.45) is 2.32. The van der Waals surface area contributed by atoms with Gasteiger partial charge in [-0.15, -0.1) is 11.3 Å². The lowest BCUT2D eigenvalue weighted by Gasteiger charge is -2.36. The van der Waals surface area contributed by atoms with E-state index in [1.54, 1.807) is 12.1 Å². The van der Waals surface area contributed by atoms with E-state index in [0.29, 0.717) is 24.5 Å². The Morgan fingerprint density at radius 2 is 1.74 bits per heavy atom. The number of carbonyl (C=O) groups excluding carboxylic acids is 1. The second-order valence-electron chi connectivity index (χ2n) is 7.53. The fraction of sp³-hybridized carbons (Fsp3) is 0.217. The Hall–Kier alpha value is -2.90. The minimum absolute atomic E-state index is 0.111. The van der Waals surface area contributed by atoms with Crippen LogP contribution in [-0.2, 0) is 11.2 Å². The van der Waals surface area contributed by atoms with Crippen molar-refractivity contribution >= 4 is 39.5 Å². The first-order valence-corrected chi connectivity index (χ1v) is 11.3. The van der Waals surface area contributed by atoms with Crippen molar-refractivity contribution in [1.29, 1.82) is 0 Å². The standard InChI is InChI=1S/C23H20ClFN4OS/c24-17-3-1-16(2-4-17)21-14-29-20(15-31-23(29)26-21)13-22(30)28-11-9-27(10-12-28)19-7-5-18(25)6-8-19/h1-8,14-15H,9-13H2. The lowest BCUT2D eigenvalue weighted by Crippen LogP contribution is -2.49. The van der Waals surface area contributed by atoms with Crippen molar-refractivity contribution in [2.45, 2.75) is 6.42 Å². The third-order valence-electron chi connectivity index (χ3n) is 5.58. The molecule has 1 fully saturated rings. The molecule has 0 saturated carbocycles. The molecule has 1 aliphatic rings. The van der Waals surface area contributed by atoms with Gasteiger partial charge in [0.2, 0.25) is 5.91 Å². The van der Waals surface area contributed by atoms with Gasteiger partial charge >= 0.3 is 0 Å². The molecular weight excluding hydrogens is 435 g/mol. The van der Waals surface area contributed by atoms with Crippen LogP contribution in [0, 0.1) is 5.82 Å². The van der Waals surface area contributed by atoms with Crippen LogP contribution < -0.4 is 4.90 Å². The van der Waals surface area contributed by atoms with Gasteiger partial charge in [0.25, 0.3) is 0 Å². The average Bonchev–Trinajstić information content (AvgIpc) is 3.37. The predicted molar refractivity (Wildman–Crippen MR) is 122 cm³/mol. The van der Waals surface area contributed by atoms with Crippen LogP contribution in [0.1, 0.15) is 5.69 Å². The van der Waals surface area contributed by atoms with E-state index in [1.165, 1.54) is 23.5 Å². The van der Waals surface area contributed by atoms with Gasteiger partial charge in [-0.1, -0.05) is 23.7 Å². The third kappa shape index (κ3) is 4.16. The molecule has 2 aromatic carbocycles. The van der Waals surface area contributed by atoms with Crippen molar-refractivity contribution in [3.8, 4) is 11.3 Å². The summed E-state index contributed by atoms with van der Waals surface area (Å²) in [5.41, 5.74) is 3.79. The number of fused-ring (bicyclic) bond motifs is 1. The lowest BCUT2D eigenvalue weighted by molar-refractivity contribution is -0.130. The largest absolute Gasteiger partial charge is 0.368 e. The van der Waals surface area contributed by atoms with Gasteiger partial charge in [0.05, 0.1) is 12.1 Å². The minimum Gasteiger partial charge on any atom is -0.368 e. The van der Waals surface area contributed by atoms with E-state index in [0.717, 1.165) is 40.7 Å². The molecule has 0 aliphatic carbocycles. The molecule has 1 saturated heterocycles. The highest BCUT2D eigenvalue weighted by Crippen LogP contribution is 2.25. The Morgan fingerprint density at radius 1 is 1.03 bits per heavy atom. The topological polar surface area (TPSA) is 40.9 Å². The van der Waals surface area contributed by atoms with Gasteiger partial charge in [-0.25, -0.2) is 9.37 Å². The normalized spacial score (nSPS) is 14.4. The van der Waals surface area contributed by atoms with Crippen molar-refractivity contribution < 1.29 is 9.18 Å². The maximum Gasteiger partial charge on any atom is 0.228 e. The molecule has 158 valence electrons. The van der Waals surface area contributed by atoms with E-state index in [-0.39, 0.29) is 11.7 Å². The number of hydrogen-bond donors (Lipinski definition) is 0. The number of nitrogens with zero attached hydrogens (tertiary/aromatic N) is 4. The molecule has 0 radical (unpaired) electrons. The van der Waals surface area contributed by atoms with Crippen molar-refractivity contribution in [3.63, 3.8) is 0 Å². The van der Waals surface area contributed by atoms with Gasteiger partial charge in [-0.05, 0) is 36.4 Å². The summed E-state index contributed by atoms with van der Waals surface area (Å²) in [5.74, 6) is -0.126. The smallest absolute Gasteiger partial charge is 0.228 e. The highest BCUT2D eigenvalue weighted by atomic mass is 35.5. The number of rotatable bonds is 4. The van der Waals surface area contributed by atoms with E-state index in [1.807, 2.05) is 45.1 Å². The Bertz CT molecular complexity index is 1210. The van der Waals surface area contributed by atoms with E-state index in [2.05, 4.69) is 9.88 Å². The quantitative estimate of drug-likeness (QED) is 0.447. The van der Waals surface area contributed by atoms with Crippen LogP contribution in [0.15, 0.2) is 60.1 Å². The zero-order valence-corrected chi connectivity index (χ0v) is 18.2. The van der Waals surface area contributed by atoms with Gasteiger partial charge in [0.1, 0.15) is 5.82 Å². The molecule has 4 aromatic rings. The first-order valence-electron chi connectivity index (χ1n) is 10.1. The van der Waals surface area contributed by atoms with Crippen LogP contribution in [0.2, 0.25) is 5.02 Å². The molecule has 3 heterocycles. The summed E-state index contributed by atoms with van der Waals surface area (Å²) in [5, 5.41) is 2.69. The summed E-state index contributed by atoms with van der Waals surface area (Å²) in [6.45, 7) is 2.79. The van der Waals surface area contributed by atoms with Crippen molar-refractivity contribution in [2.24, 2.45) is 0 Å². The second kappa shape index (κ2) is 8.32. The average molecular weight is 455 g/mol. The molecule has 31 heavy (non-hydrogen) atoms. The lowest BCUT2D eigenvalue weighted by atomic mass is 10.2. The van der Waals surface area contributed by atoms with Gasteiger partial charge in [0, 0.05) is 59.7 Å². The number of imidazole rings is 1. The molecule has 2 aromatic heterocycles. The molecule has 5 nitrogen and oxygen atoms in total. The monoisotopic (exact) mass is 454 g/mol. The van der Waals surface area contributed by atoms with E-state index in [4.69, 9.17) is 11.6 Å². The molecule has 0 atom stereocenters. The summed E-state index contributed by atoms with van der Waals surface area (Å²) < 4.78 is 15.1. The molecule has 8 heteroatoms. The molecule has 1 aliphatic heterocycles. The van der Waals surface area contributed by atoms with Crippen molar-refractivity contribution in [1.82, 2.24) is 14.3 Å². The molecule has 0 N–H and O–H groups in total. The molecule has 1 amide bonds. The molecule has 0 unspecified atom stereocenters. The number of piperazine rings is 1. The number of carbonyl (C=O) groups is 1. The summed E-state index contributed by atoms with van der Waals surface area (Å²) >= 11 is 7.52. The number of thiazole rings is 1. The predicted octanol–water partition coefficient (Wildman–Crippen LogP) is 4.75. The van der Waals surface area contributed by atoms with Gasteiger partial charge in [-0.3, -0.25) is 9.20 Å². The number of hydrogen-bond acceptors (Lipinski definition) is 4. The second-order valence-corrected chi connectivity index (χ2v) is 8.81. The maximum absolute atomic E-state index is 13.1. The van der Waals surface area contributed by atoms with Crippen LogP contribution in [0.4, 0.5) is 10.1 Å². The van der Waals surface area contributed by atoms with Crippen LogP contribution in [0.3, 0.4) is 0 Å². The van der Waals surface area contributed by atoms with E-state index < -0.39 is 0 Å². The fourth-order valence-electron chi connectivity index (χ4n) is 3.85. The number of aromatic nitrogens is 2.